The van der Waals surface area contributed by atoms with E-state index in [0.717, 1.165) is 0 Å². The molecule has 0 spiro atoms. The molecule has 0 aliphatic carbocycles. The van der Waals surface area contributed by atoms with Gasteiger partial charge in [-0.05, 0) is 33.6 Å². The van der Waals surface area contributed by atoms with Crippen LogP contribution in [0.3, 0.4) is 0 Å². The summed E-state index contributed by atoms with van der Waals surface area (Å²) >= 11 is 4.99. The first kappa shape index (κ1) is 66.4. The number of nitrogens with two attached hydrogens (primary N) is 1. The predicted octanol–water partition coefficient (Wildman–Crippen LogP) is -6.55. The van der Waals surface area contributed by atoms with E-state index in [2.05, 4.69) is 5.32 Å². The summed E-state index contributed by atoms with van der Waals surface area (Å²) in [6.07, 6.45) is -1.00. The Labute approximate surface area is 422 Å². The van der Waals surface area contributed by atoms with Crippen LogP contribution in [0, 0.1) is 35.0 Å². The third-order valence-electron chi connectivity index (χ3n) is 7.95. The first-order chi connectivity index (χ1) is 29.0. The summed E-state index contributed by atoms with van der Waals surface area (Å²) in [7, 11) is 0. The minimum Gasteiger partial charge on any atom is -0.512 e. The van der Waals surface area contributed by atoms with Crippen LogP contribution in [0.25, 0.3) is 0 Å². The van der Waals surface area contributed by atoms with Crippen molar-refractivity contribution in [2.24, 2.45) is 28.9 Å². The van der Waals surface area contributed by atoms with Crippen molar-refractivity contribution in [3.63, 3.8) is 0 Å². The van der Waals surface area contributed by atoms with E-state index in [1.165, 1.54) is 27.7 Å². The normalized spacial score (nSPS) is 19.8. The second-order valence-electron chi connectivity index (χ2n) is 13.7. The number of aliphatic carboxylic acids is 1. The molecule has 5 aliphatic rings. The fourth-order valence-corrected chi connectivity index (χ4v) is 4.89. The summed E-state index contributed by atoms with van der Waals surface area (Å²) in [6.45, 7) is 10.2. The van der Waals surface area contributed by atoms with Crippen LogP contribution < -0.4 is 105 Å². The number of nitrogens with one attached hydrogen (secondary N) is 9. The Bertz CT molecular complexity index is 1940. The number of ketones is 2. The molecule has 2 unspecified atom stereocenters. The topological polar surface area (TPSA) is 468 Å². The van der Waals surface area contributed by atoms with E-state index in [9.17, 15) is 81.5 Å². The van der Waals surface area contributed by atoms with Crippen LogP contribution in [0.1, 0.15) is 74.7 Å². The van der Waals surface area contributed by atoms with Gasteiger partial charge in [-0.2, -0.15) is 0 Å². The Kier molecular flexibility index (Phi) is 30.2. The average Bonchev–Trinajstić information content (AvgIpc) is 3.40. The van der Waals surface area contributed by atoms with E-state index in [1.807, 2.05) is 42.5 Å². The second kappa shape index (κ2) is 30.1. The van der Waals surface area contributed by atoms with Gasteiger partial charge in [0.05, 0.1) is 11.3 Å². The number of urea groups is 4. The number of alkyl halides is 1. The number of Topliss-reactive ketones (excluding diaryl/α,β-unsaturated/α-hetero) is 2. The zero-order chi connectivity index (χ0) is 49.2. The van der Waals surface area contributed by atoms with E-state index < -0.39 is 118 Å². The number of amides is 18. The van der Waals surface area contributed by atoms with Gasteiger partial charge in [-0.15, -0.1) is 11.6 Å². The van der Waals surface area contributed by atoms with Crippen molar-refractivity contribution in [3.8, 4) is 0 Å². The van der Waals surface area contributed by atoms with E-state index in [4.69, 9.17) is 34.3 Å². The largest absolute Gasteiger partial charge is 1.00 e. The molecule has 5 saturated heterocycles. The van der Waals surface area contributed by atoms with Gasteiger partial charge in [0.1, 0.15) is 41.3 Å². The summed E-state index contributed by atoms with van der Waals surface area (Å²) in [4.78, 5) is 184. The standard InChI is InChI=1S/C10H11N3O5.C8H11N3O5.C7H8N2O4.C4H4N2O3.C3H5ClO.CN.2CH4.K/c1-10(3-5(14)11-8(10)17)2-4-6(15)12-9(18)13-7(4)16;1-8(9,6(14)15)2-3-4(12)10-7(16)11-5(3)13;1-3(10)2-4-5(11)8-7(13)9-6(4)12;7-2-1-3(8)6-4(9)5-2;1-3(5)2-4;1-2;;;/h4H,2-3H2,1H3,(H,11,14,17)(H2,12,13,15,16,18);3H,2,9H2,1H3,(H,14,15)(H2,10,11,12,13,16);4H,2H2,1H3,(H2,8,9,11,12,13);1H2,(H2,5,6,7,8,9);2H2,1H3;;2*1H4;/q;;;;;-1;;;+1. The van der Waals surface area contributed by atoms with Gasteiger partial charge < -0.3 is 22.7 Å². The summed E-state index contributed by atoms with van der Waals surface area (Å²) < 4.78 is 0. The second-order valence-corrected chi connectivity index (χ2v) is 13.9. The molecule has 5 heterocycles. The SMILES string of the molecule is C.C.CC(=O)CC1C(=O)NC(=O)NC1=O.CC(=O)CCl.CC(N)(CC1C(=O)NC(=O)NC1=O)C(=O)O.CC1(CC2C(=O)NC(=O)NC2=O)CC(=O)NC1=O.O=C1CC(=O)NC(=O)N1.[C-]#N.[K+]. The zero-order valence-corrected chi connectivity index (χ0v) is 38.1. The Morgan fingerprint density at radius 2 is 0.955 bits per heavy atom. The van der Waals surface area contributed by atoms with Crippen LogP contribution in [0.15, 0.2) is 0 Å². The average molecular weight is 984 g/mol. The Balaban J connectivity index is -0.000000372. The number of carbonyl (C=O) groups is 17. The summed E-state index contributed by atoms with van der Waals surface area (Å²) in [6, 6.07) is -3.37. The van der Waals surface area contributed by atoms with Gasteiger partial charge >= 0.3 is 81.5 Å². The number of imide groups is 9. The number of nitrogens with zero attached hydrogens (tertiary/aromatic N) is 1. The monoisotopic (exact) mass is 983 g/mol. The van der Waals surface area contributed by atoms with Crippen molar-refractivity contribution in [2.75, 3.05) is 5.88 Å². The van der Waals surface area contributed by atoms with Crippen LogP contribution >= 0.6 is 11.6 Å². The first-order valence-electron chi connectivity index (χ1n) is 17.3. The number of hydrogen-bond donors (Lipinski definition) is 11. The van der Waals surface area contributed by atoms with Gasteiger partial charge in [-0.1, -0.05) is 21.8 Å². The summed E-state index contributed by atoms with van der Waals surface area (Å²) in [5.41, 5.74) is 2.60. The van der Waals surface area contributed by atoms with Crippen molar-refractivity contribution in [2.45, 2.75) is 80.2 Å². The molecule has 0 aromatic carbocycles. The fraction of sp³-hybridized carbons (Fsp3) is 0.486. The molecule has 66 heavy (non-hydrogen) atoms. The first-order valence-corrected chi connectivity index (χ1v) is 17.8. The maximum absolute atomic E-state index is 11.6. The van der Waals surface area contributed by atoms with E-state index in [0.29, 0.717) is 0 Å². The van der Waals surface area contributed by atoms with Gasteiger partial charge in [-0.25, -0.2) is 19.2 Å². The number of carboxylic acid groups (broad SMARTS) is 1. The molecule has 5 aliphatic heterocycles. The Hall–Kier alpha value is -6.23. The molecule has 5 rings (SSSR count). The maximum Gasteiger partial charge on any atom is 1.00 e. The van der Waals surface area contributed by atoms with Crippen molar-refractivity contribution >= 4 is 112 Å². The predicted molar refractivity (Wildman–Crippen MR) is 212 cm³/mol. The molecule has 0 bridgehead atoms. The third-order valence-corrected chi connectivity index (χ3v) is 8.33. The van der Waals surface area contributed by atoms with Crippen LogP contribution in [-0.2, 0) is 62.3 Å². The minimum atomic E-state index is -1.71. The molecule has 358 valence electrons. The molecular weight excluding hydrogens is 937 g/mol. The number of carbonyl (C=O) groups excluding carboxylic acids is 16. The van der Waals surface area contributed by atoms with Crippen molar-refractivity contribution in [3.05, 3.63) is 6.57 Å². The molecule has 18 amide bonds. The summed E-state index contributed by atoms with van der Waals surface area (Å²) in [5, 5.41) is 32.4. The molecule has 0 aromatic heterocycles. The third kappa shape index (κ3) is 22.6. The molecule has 0 radical (unpaired) electrons. The fourth-order valence-electron chi connectivity index (χ4n) is 4.89. The minimum absolute atomic E-state index is 0. The van der Waals surface area contributed by atoms with Gasteiger partial charge in [0.15, 0.2) is 0 Å². The van der Waals surface area contributed by atoms with Crippen molar-refractivity contribution < 1.29 is 138 Å². The molecule has 31 heteroatoms. The van der Waals surface area contributed by atoms with Gasteiger partial charge in [0, 0.05) is 12.8 Å². The molecule has 29 nitrogen and oxygen atoms in total. The van der Waals surface area contributed by atoms with Crippen LogP contribution in [0.4, 0.5) is 19.2 Å². The molecule has 0 saturated carbocycles. The number of barbiturate groups is 4. The number of halogens is 1. The van der Waals surface area contributed by atoms with Gasteiger partial charge in [0.2, 0.25) is 59.1 Å². The maximum atomic E-state index is 11.6. The van der Waals surface area contributed by atoms with Crippen LogP contribution in [-0.4, -0.2) is 117 Å². The van der Waals surface area contributed by atoms with Gasteiger partial charge in [-0.3, -0.25) is 110 Å². The quantitative estimate of drug-likeness (QED) is 0.0354. The van der Waals surface area contributed by atoms with E-state index in [1.54, 1.807) is 0 Å². The van der Waals surface area contributed by atoms with E-state index in [-0.39, 0.29) is 116 Å². The number of rotatable bonds is 8. The Morgan fingerprint density at radius 3 is 1.23 bits per heavy atom. The van der Waals surface area contributed by atoms with Crippen molar-refractivity contribution in [1.82, 2.24) is 47.9 Å². The van der Waals surface area contributed by atoms with E-state index >= 15 is 0 Å². The Morgan fingerprint density at radius 1 is 0.636 bits per heavy atom. The molecule has 12 N–H and O–H groups in total. The van der Waals surface area contributed by atoms with Crippen LogP contribution in [0.2, 0.25) is 0 Å². The van der Waals surface area contributed by atoms with Crippen molar-refractivity contribution in [1.29, 1.82) is 5.26 Å². The smallest absolute Gasteiger partial charge is 0.512 e. The zero-order valence-electron chi connectivity index (χ0n) is 34.3. The molecule has 5 fully saturated rings. The van der Waals surface area contributed by atoms with Crippen LogP contribution in [0.5, 0.6) is 0 Å². The number of carboxylic acids is 1. The molecule has 2 atom stereocenters. The molecular formula is C35H47ClKN11O18. The summed E-state index contributed by atoms with van der Waals surface area (Å²) in [5.74, 6) is -11.6. The number of hydrogen-bond acceptors (Lipinski definition) is 19. The van der Waals surface area contributed by atoms with Gasteiger partial charge in [0.25, 0.3) is 0 Å². The molecule has 0 aromatic rings.